The van der Waals surface area contributed by atoms with Gasteiger partial charge in [0, 0.05) is 6.20 Å². The molecule has 1 aromatic carbocycles. The van der Waals surface area contributed by atoms with Crippen LogP contribution in [0.5, 0.6) is 0 Å². The molecule has 0 saturated heterocycles. The van der Waals surface area contributed by atoms with Gasteiger partial charge in [-0.3, -0.25) is 9.79 Å². The Kier molecular flexibility index (Phi) is 5.36. The van der Waals surface area contributed by atoms with Gasteiger partial charge in [0.2, 0.25) is 0 Å². The quantitative estimate of drug-likeness (QED) is 0.790. The topological polar surface area (TPSA) is 103 Å². The number of benzene rings is 1. The van der Waals surface area contributed by atoms with Crippen LogP contribution in [0, 0.1) is 0 Å². The lowest BCUT2D eigenvalue weighted by atomic mass is 10.2. The van der Waals surface area contributed by atoms with Crippen molar-refractivity contribution in [3.8, 4) is 0 Å². The van der Waals surface area contributed by atoms with Gasteiger partial charge in [-0.05, 0) is 24.3 Å². The Morgan fingerprint density at radius 1 is 1.26 bits per heavy atom. The lowest BCUT2D eigenvalue weighted by Crippen LogP contribution is -2.23. The molecule has 1 atom stereocenters. The van der Waals surface area contributed by atoms with Crippen LogP contribution in [0.15, 0.2) is 40.6 Å². The number of carboxylic acid groups (broad SMARTS) is 2. The van der Waals surface area contributed by atoms with Crippen molar-refractivity contribution >= 4 is 52.8 Å². The first-order valence-corrected chi connectivity index (χ1v) is 7.11. The molecule has 1 heterocycles. The van der Waals surface area contributed by atoms with Gasteiger partial charge in [-0.1, -0.05) is 23.2 Å². The lowest BCUT2D eigenvalue weighted by molar-refractivity contribution is -0.137. The first kappa shape index (κ1) is 17.0. The summed E-state index contributed by atoms with van der Waals surface area (Å²) in [7, 11) is 0. The molecule has 0 radical (unpaired) electrons. The van der Waals surface area contributed by atoms with E-state index in [-0.39, 0.29) is 0 Å². The van der Waals surface area contributed by atoms with Gasteiger partial charge in [-0.15, -0.1) is 0 Å². The van der Waals surface area contributed by atoms with Crippen molar-refractivity contribution in [2.75, 3.05) is 5.01 Å². The van der Waals surface area contributed by atoms with E-state index >= 15 is 0 Å². The minimum atomic E-state index is -1.37. The van der Waals surface area contributed by atoms with Crippen molar-refractivity contribution in [1.82, 2.24) is 0 Å². The van der Waals surface area contributed by atoms with E-state index in [9.17, 15) is 9.59 Å². The number of halogens is 2. The Labute approximate surface area is 141 Å². The van der Waals surface area contributed by atoms with Gasteiger partial charge in [-0.2, -0.15) is 5.10 Å². The summed E-state index contributed by atoms with van der Waals surface area (Å²) < 4.78 is 0. The summed E-state index contributed by atoms with van der Waals surface area (Å²) in [6.07, 6.45) is 3.89. The molecular formula is C14H11Cl2N3O4. The zero-order valence-electron chi connectivity index (χ0n) is 11.6. The number of aliphatic carboxylic acids is 2. The molecule has 120 valence electrons. The first-order chi connectivity index (χ1) is 10.9. The molecular weight excluding hydrogens is 345 g/mol. The Morgan fingerprint density at radius 2 is 2.00 bits per heavy atom. The number of anilines is 1. The normalized spacial score (nSPS) is 17.4. The number of rotatable bonds is 5. The summed E-state index contributed by atoms with van der Waals surface area (Å²) in [6.45, 7) is 0. The minimum Gasteiger partial charge on any atom is -0.481 e. The van der Waals surface area contributed by atoms with Gasteiger partial charge in [-0.25, -0.2) is 9.80 Å². The number of hydrogen-bond acceptors (Lipinski definition) is 5. The highest BCUT2D eigenvalue weighted by molar-refractivity contribution is 6.42. The summed E-state index contributed by atoms with van der Waals surface area (Å²) >= 11 is 11.8. The fourth-order valence-corrected chi connectivity index (χ4v) is 2.05. The molecule has 0 saturated carbocycles. The molecule has 1 aliphatic heterocycles. The van der Waals surface area contributed by atoms with E-state index in [0.717, 1.165) is 0 Å². The zero-order valence-corrected chi connectivity index (χ0v) is 13.1. The predicted molar refractivity (Wildman–Crippen MR) is 87.7 cm³/mol. The van der Waals surface area contributed by atoms with Gasteiger partial charge in [0.05, 0.1) is 28.4 Å². The average Bonchev–Trinajstić information content (AvgIpc) is 2.49. The van der Waals surface area contributed by atoms with Gasteiger partial charge in [0.25, 0.3) is 0 Å². The summed E-state index contributed by atoms with van der Waals surface area (Å²) in [4.78, 5) is 25.4. The number of carbonyl (C=O) groups is 2. The standard InChI is InChI=1S/C14H11Cl2N3O4/c15-10-2-1-9(5-11(10)16)19-4-3-8(7-17-19)18-12(14(22)23)6-13(20)21/h1-5,7-8H,6H2,(H,20,21)(H,22,23). The van der Waals surface area contributed by atoms with E-state index in [0.29, 0.717) is 15.7 Å². The molecule has 2 N–H and O–H groups in total. The monoisotopic (exact) mass is 355 g/mol. The maximum atomic E-state index is 11.0. The van der Waals surface area contributed by atoms with Crippen LogP contribution >= 0.6 is 23.2 Å². The van der Waals surface area contributed by atoms with Crippen molar-refractivity contribution in [1.29, 1.82) is 0 Å². The molecule has 2 rings (SSSR count). The van der Waals surface area contributed by atoms with Crippen LogP contribution in [0.2, 0.25) is 10.0 Å². The Bertz CT molecular complexity index is 717. The minimum absolute atomic E-state index is 0.377. The number of nitrogens with zero attached hydrogens (tertiary/aromatic N) is 3. The molecule has 1 aromatic rings. The predicted octanol–water partition coefficient (Wildman–Crippen LogP) is 2.68. The van der Waals surface area contributed by atoms with Crippen molar-refractivity contribution < 1.29 is 19.8 Å². The third-order valence-electron chi connectivity index (χ3n) is 2.81. The van der Waals surface area contributed by atoms with E-state index in [4.69, 9.17) is 33.4 Å². The SMILES string of the molecule is O=C(O)CC(=NC1C=CN(c2ccc(Cl)c(Cl)c2)N=C1)C(=O)O. The fraction of sp³-hybridized carbons (Fsp3) is 0.143. The number of carboxylic acids is 2. The van der Waals surface area contributed by atoms with Gasteiger partial charge in [0.15, 0.2) is 0 Å². The van der Waals surface area contributed by atoms with Crippen LogP contribution in [-0.4, -0.2) is 40.1 Å². The number of hydrogen-bond donors (Lipinski definition) is 2. The first-order valence-electron chi connectivity index (χ1n) is 6.35. The smallest absolute Gasteiger partial charge is 0.350 e. The molecule has 23 heavy (non-hydrogen) atoms. The van der Waals surface area contributed by atoms with E-state index < -0.39 is 30.1 Å². The van der Waals surface area contributed by atoms with Crippen LogP contribution < -0.4 is 5.01 Å². The maximum Gasteiger partial charge on any atom is 0.350 e. The second kappa shape index (κ2) is 7.26. The summed E-state index contributed by atoms with van der Waals surface area (Å²) in [5.41, 5.74) is 0.222. The second-order valence-electron chi connectivity index (χ2n) is 4.49. The third kappa shape index (κ3) is 4.54. The van der Waals surface area contributed by atoms with Gasteiger partial charge >= 0.3 is 11.9 Å². The molecule has 0 amide bonds. The molecule has 1 unspecified atom stereocenters. The highest BCUT2D eigenvalue weighted by Gasteiger charge is 2.17. The molecule has 0 aliphatic carbocycles. The van der Waals surface area contributed by atoms with Crippen LogP contribution in [-0.2, 0) is 9.59 Å². The van der Waals surface area contributed by atoms with Crippen LogP contribution in [0.1, 0.15) is 6.42 Å². The highest BCUT2D eigenvalue weighted by Crippen LogP contribution is 2.28. The molecule has 7 nitrogen and oxygen atoms in total. The number of hydrazone groups is 1. The van der Waals surface area contributed by atoms with Crippen molar-refractivity contribution in [3.63, 3.8) is 0 Å². The van der Waals surface area contributed by atoms with Crippen LogP contribution in [0.3, 0.4) is 0 Å². The third-order valence-corrected chi connectivity index (χ3v) is 3.55. The average molecular weight is 356 g/mol. The summed E-state index contributed by atoms with van der Waals surface area (Å²) in [6, 6.07) is 4.32. The fourth-order valence-electron chi connectivity index (χ4n) is 1.75. The van der Waals surface area contributed by atoms with E-state index in [1.807, 2.05) is 0 Å². The summed E-state index contributed by atoms with van der Waals surface area (Å²) in [5, 5.41) is 24.0. The van der Waals surface area contributed by atoms with Crippen molar-refractivity contribution in [3.05, 3.63) is 40.5 Å². The maximum absolute atomic E-state index is 11.0. The van der Waals surface area contributed by atoms with Crippen molar-refractivity contribution in [2.45, 2.75) is 12.5 Å². The van der Waals surface area contributed by atoms with E-state index in [1.54, 1.807) is 30.5 Å². The number of aliphatic imine (C=N–C) groups is 1. The lowest BCUT2D eigenvalue weighted by Gasteiger charge is -2.19. The molecule has 0 fully saturated rings. The molecule has 0 spiro atoms. The largest absolute Gasteiger partial charge is 0.481 e. The Balaban J connectivity index is 2.14. The van der Waals surface area contributed by atoms with E-state index in [2.05, 4.69) is 10.1 Å². The molecule has 9 heteroatoms. The van der Waals surface area contributed by atoms with E-state index in [1.165, 1.54) is 11.2 Å². The molecule has 1 aliphatic rings. The van der Waals surface area contributed by atoms with Crippen molar-refractivity contribution in [2.24, 2.45) is 10.1 Å². The van der Waals surface area contributed by atoms with Gasteiger partial charge in [0.1, 0.15) is 11.8 Å². The molecule has 0 aromatic heterocycles. The highest BCUT2D eigenvalue weighted by atomic mass is 35.5. The second-order valence-corrected chi connectivity index (χ2v) is 5.31. The van der Waals surface area contributed by atoms with Gasteiger partial charge < -0.3 is 10.2 Å². The Hall–Kier alpha value is -2.38. The van der Waals surface area contributed by atoms with Crippen LogP contribution in [0.25, 0.3) is 0 Å². The van der Waals surface area contributed by atoms with Crippen LogP contribution in [0.4, 0.5) is 5.69 Å². The molecule has 0 bridgehead atoms. The summed E-state index contributed by atoms with van der Waals surface area (Å²) in [5.74, 6) is -2.64. The Morgan fingerprint density at radius 3 is 2.52 bits per heavy atom. The zero-order chi connectivity index (χ0) is 17.0.